The van der Waals surface area contributed by atoms with E-state index in [4.69, 9.17) is 4.74 Å². The fourth-order valence-corrected chi connectivity index (χ4v) is 3.61. The first-order chi connectivity index (χ1) is 13.6. The van der Waals surface area contributed by atoms with Gasteiger partial charge < -0.3 is 10.1 Å². The number of esters is 1. The molecule has 1 aliphatic rings. The second-order valence-electron chi connectivity index (χ2n) is 6.73. The van der Waals surface area contributed by atoms with E-state index in [0.717, 1.165) is 24.8 Å². The zero-order valence-electron chi connectivity index (χ0n) is 15.1. The van der Waals surface area contributed by atoms with Gasteiger partial charge in [0.15, 0.2) is 12.3 Å². The summed E-state index contributed by atoms with van der Waals surface area (Å²) in [5.41, 5.74) is 1.94. The molecule has 7 nitrogen and oxygen atoms in total. The van der Waals surface area contributed by atoms with E-state index in [1.165, 1.54) is 5.56 Å². The van der Waals surface area contributed by atoms with Crippen LogP contribution in [0.4, 0.5) is 0 Å². The number of nitrogens with zero attached hydrogens (tertiary/aromatic N) is 1. The minimum absolute atomic E-state index is 0.0222. The molecule has 2 aromatic carbocycles. The van der Waals surface area contributed by atoms with Gasteiger partial charge in [0.25, 0.3) is 11.5 Å². The van der Waals surface area contributed by atoms with Gasteiger partial charge in [0.1, 0.15) is 0 Å². The molecule has 0 spiro atoms. The average molecular weight is 377 g/mol. The summed E-state index contributed by atoms with van der Waals surface area (Å²) < 4.78 is 5.13. The first-order valence-electron chi connectivity index (χ1n) is 9.15. The van der Waals surface area contributed by atoms with E-state index < -0.39 is 12.6 Å². The lowest BCUT2D eigenvalue weighted by molar-refractivity contribution is -0.125. The van der Waals surface area contributed by atoms with Gasteiger partial charge in [-0.3, -0.25) is 9.59 Å². The summed E-state index contributed by atoms with van der Waals surface area (Å²) >= 11 is 0. The highest BCUT2D eigenvalue weighted by atomic mass is 16.5. The van der Waals surface area contributed by atoms with Crippen molar-refractivity contribution in [2.75, 3.05) is 6.61 Å². The van der Waals surface area contributed by atoms with Crippen LogP contribution in [0.25, 0.3) is 10.8 Å². The molecule has 7 heteroatoms. The fraction of sp³-hybridized carbons (Fsp3) is 0.238. The van der Waals surface area contributed by atoms with E-state index in [9.17, 15) is 14.4 Å². The number of hydrogen-bond donors (Lipinski definition) is 2. The average Bonchev–Trinajstić information content (AvgIpc) is 2.73. The first kappa shape index (κ1) is 17.9. The molecule has 0 bridgehead atoms. The van der Waals surface area contributed by atoms with Crippen LogP contribution < -0.4 is 10.9 Å². The molecule has 1 aromatic heterocycles. The van der Waals surface area contributed by atoms with Gasteiger partial charge in [0.05, 0.1) is 11.4 Å². The molecule has 0 radical (unpaired) electrons. The van der Waals surface area contributed by atoms with Crippen LogP contribution in [-0.2, 0) is 16.0 Å². The molecule has 1 aliphatic carbocycles. The molecule has 1 heterocycles. The summed E-state index contributed by atoms with van der Waals surface area (Å²) in [5.74, 6) is -1.13. The molecule has 0 saturated heterocycles. The van der Waals surface area contributed by atoms with Gasteiger partial charge in [-0.15, -0.1) is 0 Å². The standard InChI is InChI=1S/C21H19N3O4/c25-18(22-17-11-5-7-13-6-1-2-8-14(13)17)12-28-21(27)19-15-9-3-4-10-16(15)20(26)24-23-19/h1-4,6,8-10,17H,5,7,11-12H2,(H,22,25)(H,24,26). The van der Waals surface area contributed by atoms with Crippen LogP contribution in [0, 0.1) is 0 Å². The Labute approximate surface area is 160 Å². The third-order valence-electron chi connectivity index (χ3n) is 4.93. The molecule has 0 fully saturated rings. The second-order valence-corrected chi connectivity index (χ2v) is 6.73. The molecule has 3 aromatic rings. The highest BCUT2D eigenvalue weighted by Gasteiger charge is 2.22. The Bertz CT molecular complexity index is 1110. The fourth-order valence-electron chi connectivity index (χ4n) is 3.61. The van der Waals surface area contributed by atoms with Crippen molar-refractivity contribution in [3.05, 3.63) is 75.7 Å². The van der Waals surface area contributed by atoms with Crippen molar-refractivity contribution in [3.63, 3.8) is 0 Å². The molecule has 1 amide bonds. The quantitative estimate of drug-likeness (QED) is 0.679. The predicted octanol–water partition coefficient (Wildman–Crippen LogP) is 2.27. The smallest absolute Gasteiger partial charge is 0.359 e. The van der Waals surface area contributed by atoms with Crippen molar-refractivity contribution in [2.24, 2.45) is 0 Å². The molecule has 1 atom stereocenters. The topological polar surface area (TPSA) is 101 Å². The molecular formula is C21H19N3O4. The summed E-state index contributed by atoms with van der Waals surface area (Å²) in [6, 6.07) is 14.6. The number of benzene rings is 2. The minimum atomic E-state index is -0.758. The lowest BCUT2D eigenvalue weighted by Gasteiger charge is -2.26. The Morgan fingerprint density at radius 1 is 1.11 bits per heavy atom. The van der Waals surface area contributed by atoms with Crippen molar-refractivity contribution < 1.29 is 14.3 Å². The SMILES string of the molecule is O=C(COC(=O)c1n[nH]c(=O)c2ccccc12)NC1CCCc2ccccc21. The predicted molar refractivity (Wildman–Crippen MR) is 103 cm³/mol. The molecular weight excluding hydrogens is 358 g/mol. The van der Waals surface area contributed by atoms with Crippen molar-refractivity contribution in [2.45, 2.75) is 25.3 Å². The van der Waals surface area contributed by atoms with E-state index in [2.05, 4.69) is 21.6 Å². The largest absolute Gasteiger partial charge is 0.451 e. The molecule has 1 unspecified atom stereocenters. The van der Waals surface area contributed by atoms with Crippen molar-refractivity contribution in [3.8, 4) is 0 Å². The summed E-state index contributed by atoms with van der Waals surface area (Å²) in [7, 11) is 0. The lowest BCUT2D eigenvalue weighted by atomic mass is 9.88. The van der Waals surface area contributed by atoms with E-state index in [0.29, 0.717) is 10.8 Å². The number of aromatic nitrogens is 2. The van der Waals surface area contributed by atoms with Crippen LogP contribution in [0.15, 0.2) is 53.3 Å². The number of amides is 1. The van der Waals surface area contributed by atoms with Crippen LogP contribution in [-0.4, -0.2) is 28.7 Å². The Kier molecular flexibility index (Phi) is 4.89. The Morgan fingerprint density at radius 3 is 2.71 bits per heavy atom. The molecule has 2 N–H and O–H groups in total. The Balaban J connectivity index is 1.43. The number of aryl methyl sites for hydroxylation is 1. The van der Waals surface area contributed by atoms with Crippen molar-refractivity contribution >= 4 is 22.6 Å². The molecule has 4 rings (SSSR count). The number of hydrogen-bond acceptors (Lipinski definition) is 5. The van der Waals surface area contributed by atoms with E-state index in [-0.39, 0.29) is 23.2 Å². The molecule has 28 heavy (non-hydrogen) atoms. The van der Waals surface area contributed by atoms with Gasteiger partial charge >= 0.3 is 5.97 Å². The second kappa shape index (κ2) is 7.64. The number of rotatable bonds is 4. The zero-order valence-corrected chi connectivity index (χ0v) is 15.1. The van der Waals surface area contributed by atoms with Gasteiger partial charge in [-0.05, 0) is 36.5 Å². The molecule has 0 saturated carbocycles. The van der Waals surface area contributed by atoms with Gasteiger partial charge in [0.2, 0.25) is 0 Å². The van der Waals surface area contributed by atoms with Crippen LogP contribution in [0.2, 0.25) is 0 Å². The van der Waals surface area contributed by atoms with Crippen LogP contribution in [0.1, 0.15) is 40.5 Å². The number of carbonyl (C=O) groups excluding carboxylic acids is 2. The third-order valence-corrected chi connectivity index (χ3v) is 4.93. The minimum Gasteiger partial charge on any atom is -0.451 e. The van der Waals surface area contributed by atoms with E-state index in [1.54, 1.807) is 24.3 Å². The van der Waals surface area contributed by atoms with Crippen LogP contribution >= 0.6 is 0 Å². The van der Waals surface area contributed by atoms with Gasteiger partial charge in [-0.1, -0.05) is 42.5 Å². The molecule has 142 valence electrons. The van der Waals surface area contributed by atoms with Gasteiger partial charge in [-0.25, -0.2) is 9.89 Å². The maximum Gasteiger partial charge on any atom is 0.359 e. The summed E-state index contributed by atoms with van der Waals surface area (Å²) in [4.78, 5) is 36.5. The highest BCUT2D eigenvalue weighted by Crippen LogP contribution is 2.29. The Morgan fingerprint density at radius 2 is 1.86 bits per heavy atom. The number of H-pyrrole nitrogens is 1. The van der Waals surface area contributed by atoms with E-state index in [1.807, 2.05) is 18.2 Å². The van der Waals surface area contributed by atoms with Gasteiger partial charge in [-0.2, -0.15) is 5.10 Å². The normalized spacial score (nSPS) is 15.6. The first-order valence-corrected chi connectivity index (χ1v) is 9.15. The maximum atomic E-state index is 12.4. The Hall–Kier alpha value is -3.48. The van der Waals surface area contributed by atoms with Gasteiger partial charge in [0, 0.05) is 5.39 Å². The molecule has 0 aliphatic heterocycles. The van der Waals surface area contributed by atoms with E-state index >= 15 is 0 Å². The summed E-state index contributed by atoms with van der Waals surface area (Å²) in [6.45, 7) is -0.410. The number of ether oxygens (including phenoxy) is 1. The van der Waals surface area contributed by atoms with Crippen molar-refractivity contribution in [1.82, 2.24) is 15.5 Å². The third kappa shape index (κ3) is 3.51. The number of carbonyl (C=O) groups is 2. The summed E-state index contributed by atoms with van der Waals surface area (Å²) in [6.07, 6.45) is 2.85. The van der Waals surface area contributed by atoms with Crippen LogP contribution in [0.3, 0.4) is 0 Å². The number of fused-ring (bicyclic) bond motifs is 2. The number of nitrogens with one attached hydrogen (secondary N) is 2. The zero-order chi connectivity index (χ0) is 19.5. The lowest BCUT2D eigenvalue weighted by Crippen LogP contribution is -2.34. The maximum absolute atomic E-state index is 12.4. The highest BCUT2D eigenvalue weighted by molar-refractivity contribution is 6.02. The number of aromatic amines is 1. The van der Waals surface area contributed by atoms with Crippen molar-refractivity contribution in [1.29, 1.82) is 0 Å². The monoisotopic (exact) mass is 377 g/mol. The van der Waals surface area contributed by atoms with Crippen LogP contribution in [0.5, 0.6) is 0 Å². The summed E-state index contributed by atoms with van der Waals surface area (Å²) in [5, 5.41) is 9.73.